The van der Waals surface area contributed by atoms with Crippen LogP contribution in [0.3, 0.4) is 0 Å². The number of ether oxygens (including phenoxy) is 1. The van der Waals surface area contributed by atoms with E-state index < -0.39 is 0 Å². The third-order valence-electron chi connectivity index (χ3n) is 3.53. The second kappa shape index (κ2) is 5.25. The van der Waals surface area contributed by atoms with Gasteiger partial charge >= 0.3 is 0 Å². The summed E-state index contributed by atoms with van der Waals surface area (Å²) in [6, 6.07) is 0.551. The minimum atomic E-state index is 0.335. The van der Waals surface area contributed by atoms with Crippen molar-refractivity contribution in [2.75, 3.05) is 33.9 Å². The largest absolute Gasteiger partial charge is 0.381 e. The standard InChI is InChI=1S/C11H22N2O2/c1-12-10-5-7-14-8-9(10)11-4-3-6-13(2)15-11/h9-12H,3-8H2,1-2H3. The summed E-state index contributed by atoms with van der Waals surface area (Å²) in [7, 11) is 4.06. The molecular formula is C11H22N2O2. The van der Waals surface area contributed by atoms with E-state index in [9.17, 15) is 0 Å². The Bertz CT molecular complexity index is 201. The van der Waals surface area contributed by atoms with Crippen molar-refractivity contribution in [3.63, 3.8) is 0 Å². The Kier molecular flexibility index (Phi) is 3.97. The Morgan fingerprint density at radius 1 is 1.33 bits per heavy atom. The van der Waals surface area contributed by atoms with Crippen LogP contribution in [0.2, 0.25) is 0 Å². The molecule has 0 radical (unpaired) electrons. The maximum absolute atomic E-state index is 5.87. The third kappa shape index (κ3) is 2.69. The van der Waals surface area contributed by atoms with E-state index in [1.165, 1.54) is 6.42 Å². The van der Waals surface area contributed by atoms with Gasteiger partial charge in [-0.3, -0.25) is 4.84 Å². The van der Waals surface area contributed by atoms with Crippen LogP contribution in [-0.2, 0) is 9.57 Å². The van der Waals surface area contributed by atoms with Crippen LogP contribution in [0.4, 0.5) is 0 Å². The molecule has 4 nitrogen and oxygen atoms in total. The van der Waals surface area contributed by atoms with Gasteiger partial charge in [0, 0.05) is 32.2 Å². The van der Waals surface area contributed by atoms with E-state index in [0.29, 0.717) is 18.1 Å². The highest BCUT2D eigenvalue weighted by Gasteiger charge is 2.34. The summed E-state index contributed by atoms with van der Waals surface area (Å²) in [5.41, 5.74) is 0. The van der Waals surface area contributed by atoms with Gasteiger partial charge in [0.25, 0.3) is 0 Å². The molecule has 88 valence electrons. The average molecular weight is 214 g/mol. The van der Waals surface area contributed by atoms with Gasteiger partial charge in [0.1, 0.15) is 0 Å². The molecule has 2 aliphatic rings. The molecule has 1 N–H and O–H groups in total. The minimum Gasteiger partial charge on any atom is -0.381 e. The zero-order chi connectivity index (χ0) is 10.7. The number of nitrogens with one attached hydrogen (secondary N) is 1. The molecule has 15 heavy (non-hydrogen) atoms. The van der Waals surface area contributed by atoms with Crippen molar-refractivity contribution in [1.82, 2.24) is 10.4 Å². The van der Waals surface area contributed by atoms with Gasteiger partial charge in [-0.1, -0.05) is 0 Å². The molecule has 2 rings (SSSR count). The summed E-state index contributed by atoms with van der Waals surface area (Å²) in [5, 5.41) is 5.36. The molecule has 0 aromatic carbocycles. The number of hydrogen-bond acceptors (Lipinski definition) is 4. The fourth-order valence-corrected chi connectivity index (χ4v) is 2.63. The lowest BCUT2D eigenvalue weighted by Gasteiger charge is -2.40. The average Bonchev–Trinajstić information content (AvgIpc) is 2.29. The lowest BCUT2D eigenvalue weighted by molar-refractivity contribution is -0.232. The van der Waals surface area contributed by atoms with E-state index in [0.717, 1.165) is 32.6 Å². The van der Waals surface area contributed by atoms with E-state index in [1.807, 2.05) is 19.2 Å². The molecular weight excluding hydrogens is 192 g/mol. The van der Waals surface area contributed by atoms with Crippen LogP contribution in [0.15, 0.2) is 0 Å². The lowest BCUT2D eigenvalue weighted by Crippen LogP contribution is -2.50. The highest BCUT2D eigenvalue weighted by molar-refractivity contribution is 4.85. The van der Waals surface area contributed by atoms with Gasteiger partial charge in [0.15, 0.2) is 0 Å². The molecule has 0 bridgehead atoms. The van der Waals surface area contributed by atoms with Crippen LogP contribution in [0.1, 0.15) is 19.3 Å². The van der Waals surface area contributed by atoms with Crippen LogP contribution >= 0.6 is 0 Å². The Hall–Kier alpha value is -0.160. The molecule has 4 heteroatoms. The fraction of sp³-hybridized carbons (Fsp3) is 1.00. The first kappa shape index (κ1) is 11.3. The Morgan fingerprint density at radius 3 is 2.93 bits per heavy atom. The number of hydroxylamine groups is 2. The summed E-state index contributed by atoms with van der Waals surface area (Å²) < 4.78 is 5.56. The van der Waals surface area contributed by atoms with E-state index in [2.05, 4.69) is 5.32 Å². The van der Waals surface area contributed by atoms with Crippen LogP contribution < -0.4 is 5.32 Å². The molecule has 2 heterocycles. The van der Waals surface area contributed by atoms with Crippen molar-refractivity contribution in [3.05, 3.63) is 0 Å². The monoisotopic (exact) mass is 214 g/mol. The quantitative estimate of drug-likeness (QED) is 0.731. The van der Waals surface area contributed by atoms with Gasteiger partial charge in [0.2, 0.25) is 0 Å². The van der Waals surface area contributed by atoms with Gasteiger partial charge in [-0.2, -0.15) is 5.06 Å². The van der Waals surface area contributed by atoms with E-state index in [-0.39, 0.29) is 0 Å². The Morgan fingerprint density at radius 2 is 2.20 bits per heavy atom. The molecule has 0 amide bonds. The van der Waals surface area contributed by atoms with Crippen LogP contribution in [0.25, 0.3) is 0 Å². The Balaban J connectivity index is 1.94. The van der Waals surface area contributed by atoms with Gasteiger partial charge in [-0.05, 0) is 26.3 Å². The van der Waals surface area contributed by atoms with E-state index in [1.54, 1.807) is 0 Å². The summed E-state index contributed by atoms with van der Waals surface area (Å²) >= 11 is 0. The first-order chi connectivity index (χ1) is 7.31. The van der Waals surface area contributed by atoms with Crippen LogP contribution in [0.5, 0.6) is 0 Å². The predicted octanol–water partition coefficient (Wildman–Crippen LogP) is 0.637. The minimum absolute atomic E-state index is 0.335. The molecule has 2 fully saturated rings. The number of rotatable bonds is 2. The summed E-state index contributed by atoms with van der Waals surface area (Å²) in [6.45, 7) is 2.77. The van der Waals surface area contributed by atoms with Crippen molar-refractivity contribution in [3.8, 4) is 0 Å². The highest BCUT2D eigenvalue weighted by atomic mass is 16.7. The fourth-order valence-electron chi connectivity index (χ4n) is 2.63. The molecule has 2 saturated heterocycles. The van der Waals surface area contributed by atoms with Crippen molar-refractivity contribution in [2.45, 2.75) is 31.4 Å². The van der Waals surface area contributed by atoms with Crippen molar-refractivity contribution >= 4 is 0 Å². The molecule has 3 unspecified atom stereocenters. The molecule has 0 spiro atoms. The Labute approximate surface area is 91.9 Å². The second-order valence-corrected chi connectivity index (χ2v) is 4.56. The normalized spacial score (nSPS) is 39.2. The smallest absolute Gasteiger partial charge is 0.0858 e. The summed E-state index contributed by atoms with van der Waals surface area (Å²) in [5.74, 6) is 0.506. The maximum atomic E-state index is 5.87. The summed E-state index contributed by atoms with van der Waals surface area (Å²) in [4.78, 5) is 5.87. The highest BCUT2D eigenvalue weighted by Crippen LogP contribution is 2.26. The van der Waals surface area contributed by atoms with Crippen LogP contribution in [-0.4, -0.2) is 51.1 Å². The zero-order valence-corrected chi connectivity index (χ0v) is 9.74. The number of hydrogen-bond donors (Lipinski definition) is 1. The van der Waals surface area contributed by atoms with Gasteiger partial charge in [-0.25, -0.2) is 0 Å². The lowest BCUT2D eigenvalue weighted by atomic mass is 9.88. The van der Waals surface area contributed by atoms with Gasteiger partial charge < -0.3 is 10.1 Å². The van der Waals surface area contributed by atoms with Gasteiger partial charge in [-0.15, -0.1) is 0 Å². The SMILES string of the molecule is CNC1CCOCC1C1CCCN(C)O1. The van der Waals surface area contributed by atoms with Crippen molar-refractivity contribution in [2.24, 2.45) is 5.92 Å². The molecule has 2 aliphatic heterocycles. The molecule has 0 saturated carbocycles. The van der Waals surface area contributed by atoms with E-state index in [4.69, 9.17) is 9.57 Å². The van der Waals surface area contributed by atoms with Crippen molar-refractivity contribution in [1.29, 1.82) is 0 Å². The predicted molar refractivity (Wildman–Crippen MR) is 58.5 cm³/mol. The first-order valence-electron chi connectivity index (χ1n) is 5.94. The van der Waals surface area contributed by atoms with E-state index >= 15 is 0 Å². The zero-order valence-electron chi connectivity index (χ0n) is 9.74. The maximum Gasteiger partial charge on any atom is 0.0858 e. The molecule has 0 aliphatic carbocycles. The first-order valence-corrected chi connectivity index (χ1v) is 5.94. The summed E-state index contributed by atoms with van der Waals surface area (Å²) in [6.07, 6.45) is 3.83. The molecule has 3 atom stereocenters. The van der Waals surface area contributed by atoms with Crippen molar-refractivity contribution < 1.29 is 9.57 Å². The molecule has 0 aromatic heterocycles. The molecule has 0 aromatic rings. The van der Waals surface area contributed by atoms with Crippen LogP contribution in [0, 0.1) is 5.92 Å². The number of nitrogens with zero attached hydrogens (tertiary/aromatic N) is 1. The third-order valence-corrected chi connectivity index (χ3v) is 3.53. The topological polar surface area (TPSA) is 33.7 Å². The second-order valence-electron chi connectivity index (χ2n) is 4.56. The van der Waals surface area contributed by atoms with Gasteiger partial charge in [0.05, 0.1) is 12.7 Å².